The van der Waals surface area contributed by atoms with Crippen LogP contribution < -0.4 is 5.32 Å². The predicted molar refractivity (Wildman–Crippen MR) is 89.8 cm³/mol. The van der Waals surface area contributed by atoms with Crippen LogP contribution in [0.1, 0.15) is 47.9 Å². The maximum Gasteiger partial charge on any atom is 0.0336 e. The minimum Gasteiger partial charge on any atom is -0.303 e. The smallest absolute Gasteiger partial charge is 0.0336 e. The van der Waals surface area contributed by atoms with Crippen LogP contribution in [-0.4, -0.2) is 6.26 Å². The summed E-state index contributed by atoms with van der Waals surface area (Å²) in [6.07, 6.45) is 5.96. The largest absolute Gasteiger partial charge is 0.303 e. The van der Waals surface area contributed by atoms with E-state index in [-0.39, 0.29) is 0 Å². The van der Waals surface area contributed by atoms with Crippen molar-refractivity contribution in [1.29, 1.82) is 0 Å². The van der Waals surface area contributed by atoms with Gasteiger partial charge in [0, 0.05) is 21.9 Å². The first kappa shape index (κ1) is 14.2. The average molecular weight is 303 g/mol. The third-order valence-electron chi connectivity index (χ3n) is 4.12. The minimum atomic E-state index is 0.404. The molecule has 1 aliphatic carbocycles. The number of hydrogen-bond acceptors (Lipinski definition) is 3. The Balaban J connectivity index is 1.71. The van der Waals surface area contributed by atoms with Gasteiger partial charge in [-0.15, -0.1) is 23.1 Å². The summed E-state index contributed by atoms with van der Waals surface area (Å²) in [7, 11) is 0. The van der Waals surface area contributed by atoms with E-state index >= 15 is 0 Å². The molecule has 1 heterocycles. The molecule has 1 aromatic carbocycles. The van der Waals surface area contributed by atoms with E-state index in [2.05, 4.69) is 54.2 Å². The second-order valence-corrected chi connectivity index (χ2v) is 7.29. The number of thioether (sulfide) groups is 1. The fourth-order valence-electron chi connectivity index (χ4n) is 2.95. The summed E-state index contributed by atoms with van der Waals surface area (Å²) >= 11 is 3.71. The summed E-state index contributed by atoms with van der Waals surface area (Å²) in [5.41, 5.74) is 2.92. The molecule has 0 fully saturated rings. The van der Waals surface area contributed by atoms with Gasteiger partial charge in [0.2, 0.25) is 0 Å². The topological polar surface area (TPSA) is 12.0 Å². The van der Waals surface area contributed by atoms with Gasteiger partial charge in [0.1, 0.15) is 0 Å². The van der Waals surface area contributed by atoms with Crippen LogP contribution in [0, 0.1) is 0 Å². The van der Waals surface area contributed by atoms with Gasteiger partial charge < -0.3 is 5.32 Å². The number of fused-ring (bicyclic) bond motifs is 1. The van der Waals surface area contributed by atoms with Crippen molar-refractivity contribution in [2.45, 2.75) is 43.2 Å². The SMILES string of the molecule is CSc1ccc(C(C)NC2CCCc3sccc32)cc1. The van der Waals surface area contributed by atoms with Gasteiger partial charge in [0.15, 0.2) is 0 Å². The zero-order valence-corrected chi connectivity index (χ0v) is 13.7. The minimum absolute atomic E-state index is 0.404. The molecule has 1 aromatic heterocycles. The van der Waals surface area contributed by atoms with Gasteiger partial charge in [-0.1, -0.05) is 12.1 Å². The Morgan fingerprint density at radius 3 is 2.80 bits per heavy atom. The lowest BCUT2D eigenvalue weighted by Gasteiger charge is -2.27. The van der Waals surface area contributed by atoms with Gasteiger partial charge in [-0.2, -0.15) is 0 Å². The number of rotatable bonds is 4. The molecule has 0 amide bonds. The summed E-state index contributed by atoms with van der Waals surface area (Å²) < 4.78 is 0. The van der Waals surface area contributed by atoms with E-state index in [0.29, 0.717) is 12.1 Å². The summed E-state index contributed by atoms with van der Waals surface area (Å²) in [4.78, 5) is 2.91. The Morgan fingerprint density at radius 1 is 1.25 bits per heavy atom. The van der Waals surface area contributed by atoms with Crippen LogP contribution in [0.3, 0.4) is 0 Å². The normalized spacial score (nSPS) is 19.6. The lowest BCUT2D eigenvalue weighted by atomic mass is 9.93. The first-order valence-corrected chi connectivity index (χ1v) is 9.34. The van der Waals surface area contributed by atoms with Crippen molar-refractivity contribution >= 4 is 23.1 Å². The second-order valence-electron chi connectivity index (χ2n) is 5.41. The van der Waals surface area contributed by atoms with Crippen molar-refractivity contribution in [3.05, 3.63) is 51.7 Å². The molecule has 0 bridgehead atoms. The average Bonchev–Trinajstić information content (AvgIpc) is 2.97. The molecule has 1 nitrogen and oxygen atoms in total. The van der Waals surface area contributed by atoms with E-state index in [0.717, 1.165) is 0 Å². The molecule has 0 saturated heterocycles. The summed E-state index contributed by atoms with van der Waals surface area (Å²) in [6.45, 7) is 2.27. The van der Waals surface area contributed by atoms with Crippen molar-refractivity contribution in [1.82, 2.24) is 5.32 Å². The highest BCUT2D eigenvalue weighted by Crippen LogP contribution is 2.34. The number of thiophene rings is 1. The number of hydrogen-bond donors (Lipinski definition) is 1. The van der Waals surface area contributed by atoms with Crippen molar-refractivity contribution in [3.63, 3.8) is 0 Å². The van der Waals surface area contributed by atoms with E-state index in [9.17, 15) is 0 Å². The Bertz CT molecular complexity index is 559. The monoisotopic (exact) mass is 303 g/mol. The quantitative estimate of drug-likeness (QED) is 0.779. The molecular formula is C17H21NS2. The Kier molecular flexibility index (Phi) is 4.49. The molecule has 3 heteroatoms. The third-order valence-corrected chi connectivity index (χ3v) is 5.86. The van der Waals surface area contributed by atoms with Gasteiger partial charge in [-0.3, -0.25) is 0 Å². The highest BCUT2D eigenvalue weighted by Gasteiger charge is 2.22. The van der Waals surface area contributed by atoms with Crippen molar-refractivity contribution in [3.8, 4) is 0 Å². The van der Waals surface area contributed by atoms with Crippen molar-refractivity contribution in [2.75, 3.05) is 6.26 Å². The van der Waals surface area contributed by atoms with E-state index in [1.165, 1.54) is 35.3 Å². The molecule has 0 saturated carbocycles. The summed E-state index contributed by atoms with van der Waals surface area (Å²) in [6, 6.07) is 12.2. The van der Waals surface area contributed by atoms with Crippen molar-refractivity contribution in [2.24, 2.45) is 0 Å². The Labute approximate surface area is 129 Å². The molecule has 2 aromatic rings. The first-order chi connectivity index (χ1) is 9.78. The summed E-state index contributed by atoms with van der Waals surface area (Å²) in [5.74, 6) is 0. The standard InChI is InChI=1S/C17H21NS2/c1-12(13-6-8-14(19-2)9-7-13)18-16-4-3-5-17-15(16)10-11-20-17/h6-12,16,18H,3-5H2,1-2H3. The highest BCUT2D eigenvalue weighted by molar-refractivity contribution is 7.98. The lowest BCUT2D eigenvalue weighted by molar-refractivity contribution is 0.418. The van der Waals surface area contributed by atoms with Gasteiger partial charge in [0.05, 0.1) is 0 Å². The van der Waals surface area contributed by atoms with Crippen LogP contribution in [0.2, 0.25) is 0 Å². The third kappa shape index (κ3) is 2.95. The summed E-state index contributed by atoms with van der Waals surface area (Å²) in [5, 5.41) is 6.05. The van der Waals surface area contributed by atoms with Gasteiger partial charge >= 0.3 is 0 Å². The zero-order valence-electron chi connectivity index (χ0n) is 12.1. The molecule has 106 valence electrons. The molecule has 0 radical (unpaired) electrons. The maximum atomic E-state index is 3.81. The predicted octanol–water partition coefficient (Wildman–Crippen LogP) is 5.20. The van der Waals surface area contributed by atoms with E-state index < -0.39 is 0 Å². The molecule has 20 heavy (non-hydrogen) atoms. The maximum absolute atomic E-state index is 3.81. The second kappa shape index (κ2) is 6.33. The molecule has 3 rings (SSSR count). The van der Waals surface area contributed by atoms with Crippen LogP contribution in [0.4, 0.5) is 0 Å². The van der Waals surface area contributed by atoms with Gasteiger partial charge in [-0.25, -0.2) is 0 Å². The lowest BCUT2D eigenvalue weighted by Crippen LogP contribution is -2.27. The first-order valence-electron chi connectivity index (χ1n) is 7.24. The van der Waals surface area contributed by atoms with Crippen LogP contribution in [0.15, 0.2) is 40.6 Å². The Hall–Kier alpha value is -0.770. The van der Waals surface area contributed by atoms with Gasteiger partial charge in [-0.05, 0) is 67.1 Å². The number of nitrogens with one attached hydrogen (secondary N) is 1. The van der Waals surface area contributed by atoms with E-state index in [1.807, 2.05) is 11.3 Å². The van der Waals surface area contributed by atoms with Gasteiger partial charge in [0.25, 0.3) is 0 Å². The molecule has 1 aliphatic rings. The van der Waals surface area contributed by atoms with Crippen LogP contribution in [0.5, 0.6) is 0 Å². The van der Waals surface area contributed by atoms with Crippen LogP contribution in [-0.2, 0) is 6.42 Å². The van der Waals surface area contributed by atoms with E-state index in [4.69, 9.17) is 0 Å². The molecule has 2 unspecified atom stereocenters. The number of aryl methyl sites for hydroxylation is 1. The molecular weight excluding hydrogens is 282 g/mol. The highest BCUT2D eigenvalue weighted by atomic mass is 32.2. The molecule has 2 atom stereocenters. The fraction of sp³-hybridized carbons (Fsp3) is 0.412. The van der Waals surface area contributed by atoms with E-state index in [1.54, 1.807) is 16.6 Å². The van der Waals surface area contributed by atoms with Crippen molar-refractivity contribution < 1.29 is 0 Å². The molecule has 0 aliphatic heterocycles. The molecule has 0 spiro atoms. The molecule has 1 N–H and O–H groups in total. The Morgan fingerprint density at radius 2 is 2.05 bits per heavy atom. The number of benzene rings is 1. The zero-order chi connectivity index (χ0) is 13.9. The fourth-order valence-corrected chi connectivity index (χ4v) is 4.35. The van der Waals surface area contributed by atoms with Crippen LogP contribution in [0.25, 0.3) is 0 Å². The van der Waals surface area contributed by atoms with Crippen LogP contribution >= 0.6 is 23.1 Å².